The van der Waals surface area contributed by atoms with Gasteiger partial charge in [-0.1, -0.05) is 24.3 Å². The topological polar surface area (TPSA) is 119 Å². The number of carbonyl (C=O) groups excluding carboxylic acids is 1. The third-order valence-corrected chi connectivity index (χ3v) is 4.52. The number of aliphatic imine (C=N–C) groups is 2. The molecule has 34 heavy (non-hydrogen) atoms. The lowest BCUT2D eigenvalue weighted by Gasteiger charge is -2.34. The Morgan fingerprint density at radius 2 is 1.74 bits per heavy atom. The Morgan fingerprint density at radius 1 is 1.12 bits per heavy atom. The quantitative estimate of drug-likeness (QED) is 0.240. The number of aliphatic hydroxyl groups is 1. The number of halogens is 5. The predicted molar refractivity (Wildman–Crippen MR) is 112 cm³/mol. The molecule has 8 nitrogen and oxygen atoms in total. The number of nitrogens with two attached hydrogens (primary N) is 1. The predicted octanol–water partition coefficient (Wildman–Crippen LogP) is 2.97. The fraction of sp³-hybridized carbons (Fsp3) is 0.286. The first-order chi connectivity index (χ1) is 15.9. The second-order valence-electron chi connectivity index (χ2n) is 7.36. The molecule has 13 heteroatoms. The van der Waals surface area contributed by atoms with Crippen molar-refractivity contribution in [2.75, 3.05) is 25.1 Å². The van der Waals surface area contributed by atoms with Gasteiger partial charge in [-0.2, -0.15) is 26.9 Å². The molecule has 0 atom stereocenters. The molecule has 1 aliphatic heterocycles. The van der Waals surface area contributed by atoms with Crippen molar-refractivity contribution in [3.8, 4) is 5.75 Å². The van der Waals surface area contributed by atoms with Crippen LogP contribution >= 0.6 is 0 Å². The van der Waals surface area contributed by atoms with Crippen LogP contribution in [0.15, 0.2) is 58.5 Å². The molecule has 3 rings (SSSR count). The van der Waals surface area contributed by atoms with Gasteiger partial charge >= 0.3 is 12.3 Å². The molecule has 1 heterocycles. The van der Waals surface area contributed by atoms with Crippen LogP contribution in [0.25, 0.3) is 0 Å². The number of alkyl halides is 5. The van der Waals surface area contributed by atoms with Crippen LogP contribution < -0.4 is 15.8 Å². The maximum Gasteiger partial charge on any atom is 0.499 e. The molecular formula is C21H19F5N4O4. The zero-order valence-corrected chi connectivity index (χ0v) is 17.4. The molecule has 0 saturated carbocycles. The second-order valence-corrected chi connectivity index (χ2v) is 7.36. The van der Waals surface area contributed by atoms with Crippen molar-refractivity contribution in [2.24, 2.45) is 15.7 Å². The van der Waals surface area contributed by atoms with E-state index in [1.807, 2.05) is 0 Å². The fourth-order valence-electron chi connectivity index (χ4n) is 2.61. The van der Waals surface area contributed by atoms with Crippen molar-refractivity contribution in [1.82, 2.24) is 0 Å². The minimum atomic E-state index is -5.87. The van der Waals surface area contributed by atoms with Crippen LogP contribution in [0.2, 0.25) is 0 Å². The zero-order chi connectivity index (χ0) is 25.0. The Bertz CT molecular complexity index is 1070. The Morgan fingerprint density at radius 3 is 2.24 bits per heavy atom. The van der Waals surface area contributed by atoms with E-state index in [9.17, 15) is 31.9 Å². The Labute approximate surface area is 189 Å². The number of hydrogen-bond donors (Lipinski definition) is 3. The number of anilines is 1. The Balaban J connectivity index is 1.79. The molecule has 0 radical (unpaired) electrons. The Kier molecular flexibility index (Phi) is 7.17. The molecule has 2 aromatic rings. The van der Waals surface area contributed by atoms with Crippen molar-refractivity contribution >= 4 is 23.8 Å². The van der Waals surface area contributed by atoms with E-state index in [2.05, 4.69) is 20.0 Å². The maximum atomic E-state index is 13.1. The van der Waals surface area contributed by atoms with Crippen LogP contribution in [0.5, 0.6) is 5.75 Å². The molecule has 1 fully saturated rings. The second kappa shape index (κ2) is 9.73. The summed E-state index contributed by atoms with van der Waals surface area (Å²) in [5.74, 6) is -0.789. The molecule has 0 aliphatic carbocycles. The number of nitrogens with one attached hydrogen (secondary N) is 1. The molecule has 0 bridgehead atoms. The summed E-state index contributed by atoms with van der Waals surface area (Å²) in [7, 11) is 0. The lowest BCUT2D eigenvalue weighted by molar-refractivity contribution is -0.360. The van der Waals surface area contributed by atoms with Gasteiger partial charge in [-0.3, -0.25) is 4.79 Å². The smallest absolute Gasteiger partial charge is 0.426 e. The summed E-state index contributed by atoms with van der Waals surface area (Å²) >= 11 is 0. The molecule has 182 valence electrons. The summed E-state index contributed by atoms with van der Waals surface area (Å²) in [6.07, 6.45) is -10.6. The van der Waals surface area contributed by atoms with Gasteiger partial charge < -0.3 is 25.6 Å². The zero-order valence-electron chi connectivity index (χ0n) is 17.4. The SMILES string of the molecule is NC(=NC(=NCC1(O)COC1)Nc1ccc(OC(F)(F)C(F)(F)F)cc1)c1ccc(C=O)cc1. The average Bonchev–Trinajstić information content (AvgIpc) is 2.76. The van der Waals surface area contributed by atoms with Crippen LogP contribution in [0, 0.1) is 0 Å². The van der Waals surface area contributed by atoms with Gasteiger partial charge in [-0.25, -0.2) is 4.99 Å². The normalized spacial score (nSPS) is 16.5. The summed E-state index contributed by atoms with van der Waals surface area (Å²) in [5, 5.41) is 12.9. The lowest BCUT2D eigenvalue weighted by atomic mass is 10.0. The van der Waals surface area contributed by atoms with Gasteiger partial charge in [0, 0.05) is 16.8 Å². The van der Waals surface area contributed by atoms with Crippen molar-refractivity contribution in [2.45, 2.75) is 17.9 Å². The number of nitrogens with zero attached hydrogens (tertiary/aromatic N) is 2. The van der Waals surface area contributed by atoms with Gasteiger partial charge in [0.1, 0.15) is 23.5 Å². The van der Waals surface area contributed by atoms with Gasteiger partial charge in [-0.05, 0) is 24.3 Å². The first kappa shape index (κ1) is 25.1. The van der Waals surface area contributed by atoms with Crippen molar-refractivity contribution in [1.29, 1.82) is 0 Å². The maximum absolute atomic E-state index is 13.1. The molecule has 1 aliphatic rings. The van der Waals surface area contributed by atoms with Crippen molar-refractivity contribution in [3.63, 3.8) is 0 Å². The van der Waals surface area contributed by atoms with Crippen LogP contribution in [-0.4, -0.2) is 60.8 Å². The van der Waals surface area contributed by atoms with E-state index in [-0.39, 0.29) is 37.2 Å². The van der Waals surface area contributed by atoms with Crippen molar-refractivity contribution < 1.29 is 41.3 Å². The number of benzene rings is 2. The van der Waals surface area contributed by atoms with Gasteiger partial charge in [0.2, 0.25) is 5.96 Å². The van der Waals surface area contributed by atoms with Gasteiger partial charge in [0.05, 0.1) is 19.8 Å². The van der Waals surface area contributed by atoms with E-state index in [0.717, 1.165) is 12.1 Å². The first-order valence-electron chi connectivity index (χ1n) is 9.66. The summed E-state index contributed by atoms with van der Waals surface area (Å²) in [5.41, 5.74) is 5.92. The standard InChI is InChI=1S/C21H19F5N4O4/c22-20(23,24)21(25,26)34-16-7-5-15(6-8-16)29-18(28-10-19(32)11-33-12-19)30-17(27)14-3-1-13(9-31)2-4-14/h1-9,32H,10-12H2,(H3,27,28,29,30). The van der Waals surface area contributed by atoms with E-state index in [4.69, 9.17) is 10.5 Å². The highest BCUT2D eigenvalue weighted by Gasteiger charge is 2.61. The fourth-order valence-corrected chi connectivity index (χ4v) is 2.61. The van der Waals surface area contributed by atoms with Gasteiger partial charge in [0.15, 0.2) is 0 Å². The molecule has 0 aromatic heterocycles. The van der Waals surface area contributed by atoms with E-state index in [1.54, 1.807) is 12.1 Å². The van der Waals surface area contributed by atoms with E-state index in [1.165, 1.54) is 24.3 Å². The molecule has 0 unspecified atom stereocenters. The monoisotopic (exact) mass is 486 g/mol. The summed E-state index contributed by atoms with van der Waals surface area (Å²) in [6.45, 7) is 0.0281. The number of guanidine groups is 1. The number of amidine groups is 1. The van der Waals surface area contributed by atoms with E-state index in [0.29, 0.717) is 17.4 Å². The summed E-state index contributed by atoms with van der Waals surface area (Å²) in [4.78, 5) is 19.1. The van der Waals surface area contributed by atoms with Crippen LogP contribution in [0.4, 0.5) is 27.6 Å². The van der Waals surface area contributed by atoms with Gasteiger partial charge in [0.25, 0.3) is 0 Å². The lowest BCUT2D eigenvalue weighted by Crippen LogP contribution is -2.52. The van der Waals surface area contributed by atoms with Crippen LogP contribution in [0.3, 0.4) is 0 Å². The number of rotatable bonds is 7. The minimum Gasteiger partial charge on any atom is -0.426 e. The van der Waals surface area contributed by atoms with Crippen molar-refractivity contribution in [3.05, 3.63) is 59.7 Å². The first-order valence-corrected chi connectivity index (χ1v) is 9.66. The molecule has 0 amide bonds. The van der Waals surface area contributed by atoms with E-state index >= 15 is 0 Å². The highest BCUT2D eigenvalue weighted by molar-refractivity contribution is 6.08. The number of hydrogen-bond acceptors (Lipinski definition) is 5. The summed E-state index contributed by atoms with van der Waals surface area (Å²) in [6, 6.07) is 10.3. The third kappa shape index (κ3) is 6.26. The number of aldehydes is 1. The summed E-state index contributed by atoms with van der Waals surface area (Å²) < 4.78 is 71.8. The highest BCUT2D eigenvalue weighted by Crippen LogP contribution is 2.37. The molecule has 0 spiro atoms. The average molecular weight is 486 g/mol. The minimum absolute atomic E-state index is 0.00493. The highest BCUT2D eigenvalue weighted by atomic mass is 19.4. The third-order valence-electron chi connectivity index (χ3n) is 4.52. The Hall–Kier alpha value is -3.58. The molecular weight excluding hydrogens is 467 g/mol. The van der Waals surface area contributed by atoms with Crippen LogP contribution in [-0.2, 0) is 4.74 Å². The van der Waals surface area contributed by atoms with E-state index < -0.39 is 23.6 Å². The molecule has 4 N–H and O–H groups in total. The largest absolute Gasteiger partial charge is 0.499 e. The number of ether oxygens (including phenoxy) is 2. The molecule has 1 saturated heterocycles. The molecule has 2 aromatic carbocycles. The van der Waals surface area contributed by atoms with Gasteiger partial charge in [-0.15, -0.1) is 0 Å². The number of carbonyl (C=O) groups is 1. The van der Waals surface area contributed by atoms with Crippen LogP contribution in [0.1, 0.15) is 15.9 Å².